The first-order chi connectivity index (χ1) is 26.0. The fourth-order valence-electron chi connectivity index (χ4n) is 8.47. The topological polar surface area (TPSA) is 8.17 Å². The summed E-state index contributed by atoms with van der Waals surface area (Å²) in [4.78, 5) is 2.41. The summed E-state index contributed by atoms with van der Waals surface area (Å²) in [6.07, 6.45) is 0. The lowest BCUT2D eigenvalue weighted by molar-refractivity contribution is 0.632. The second-order valence-corrected chi connectivity index (χ2v) is 14.6. The van der Waals surface area contributed by atoms with Crippen molar-refractivity contribution < 1.29 is 0 Å². The fourth-order valence-corrected chi connectivity index (χ4v) is 8.47. The molecular formula is C51H38N2. The van der Waals surface area contributed by atoms with Crippen molar-refractivity contribution in [1.29, 1.82) is 0 Å². The molecule has 0 radical (unpaired) electrons. The Morgan fingerprint density at radius 1 is 0.340 bits per heavy atom. The van der Waals surface area contributed by atoms with E-state index in [2.05, 4.69) is 217 Å². The molecule has 9 aromatic rings. The number of benzene rings is 8. The number of anilines is 3. The first-order valence-corrected chi connectivity index (χ1v) is 18.4. The van der Waals surface area contributed by atoms with Gasteiger partial charge >= 0.3 is 0 Å². The van der Waals surface area contributed by atoms with Gasteiger partial charge in [0.15, 0.2) is 0 Å². The van der Waals surface area contributed by atoms with Crippen LogP contribution in [0.3, 0.4) is 0 Å². The minimum Gasteiger partial charge on any atom is -0.310 e. The molecule has 0 aliphatic carbocycles. The highest BCUT2D eigenvalue weighted by Gasteiger charge is 2.36. The van der Waals surface area contributed by atoms with Gasteiger partial charge in [0.2, 0.25) is 0 Å². The molecule has 0 saturated heterocycles. The van der Waals surface area contributed by atoms with Crippen LogP contribution in [0.15, 0.2) is 194 Å². The Hall–Kier alpha value is -6.64. The standard InChI is InChI=1S/C51H38N2/c1-51(2)45-17-9-11-19-49(45)53(50-20-12-10-18-46(50)51)42-29-23-38(24-30-42)37-21-27-41(28-22-37)52-47-31-25-39(35-13-5-3-6-14-35)33-43(47)44-34-40(26-32-48(44)52)36-15-7-4-8-16-36/h3-34H,1-2H3. The van der Waals surface area contributed by atoms with Gasteiger partial charge in [0.25, 0.3) is 0 Å². The van der Waals surface area contributed by atoms with Gasteiger partial charge in [-0.3, -0.25) is 0 Å². The van der Waals surface area contributed by atoms with E-state index < -0.39 is 0 Å². The van der Waals surface area contributed by atoms with Gasteiger partial charge in [-0.1, -0.05) is 147 Å². The molecule has 0 N–H and O–H groups in total. The van der Waals surface area contributed by atoms with E-state index in [1.807, 2.05) is 0 Å². The van der Waals surface area contributed by atoms with Crippen LogP contribution in [0.25, 0.3) is 60.9 Å². The number of fused-ring (bicyclic) bond motifs is 5. The zero-order chi connectivity index (χ0) is 35.5. The maximum absolute atomic E-state index is 2.41. The Labute approximate surface area is 310 Å². The van der Waals surface area contributed by atoms with Gasteiger partial charge in [-0.2, -0.15) is 0 Å². The van der Waals surface area contributed by atoms with Crippen LogP contribution in [0.4, 0.5) is 17.1 Å². The van der Waals surface area contributed by atoms with Crippen molar-refractivity contribution in [1.82, 2.24) is 4.57 Å². The Balaban J connectivity index is 1.04. The Morgan fingerprint density at radius 3 is 1.19 bits per heavy atom. The smallest absolute Gasteiger partial charge is 0.0541 e. The third-order valence-corrected chi connectivity index (χ3v) is 11.2. The van der Waals surface area contributed by atoms with E-state index in [0.29, 0.717) is 0 Å². The van der Waals surface area contributed by atoms with Crippen LogP contribution < -0.4 is 4.90 Å². The first kappa shape index (κ1) is 31.1. The summed E-state index contributed by atoms with van der Waals surface area (Å²) < 4.78 is 2.41. The van der Waals surface area contributed by atoms with E-state index in [1.165, 1.54) is 77.7 Å². The van der Waals surface area contributed by atoms with Gasteiger partial charge in [0.05, 0.1) is 22.4 Å². The molecule has 0 saturated carbocycles. The molecule has 2 nitrogen and oxygen atoms in total. The predicted octanol–water partition coefficient (Wildman–Crippen LogP) is 13.9. The number of rotatable bonds is 5. The Bertz CT molecular complexity index is 2630. The predicted molar refractivity (Wildman–Crippen MR) is 224 cm³/mol. The quantitative estimate of drug-likeness (QED) is 0.176. The summed E-state index contributed by atoms with van der Waals surface area (Å²) in [6.45, 7) is 4.66. The average molecular weight is 679 g/mol. The summed E-state index contributed by atoms with van der Waals surface area (Å²) >= 11 is 0. The van der Waals surface area contributed by atoms with Crippen molar-refractivity contribution >= 4 is 38.9 Å². The van der Waals surface area contributed by atoms with Crippen molar-refractivity contribution in [2.24, 2.45) is 0 Å². The maximum Gasteiger partial charge on any atom is 0.0541 e. The van der Waals surface area contributed by atoms with E-state index in [0.717, 1.165) is 11.4 Å². The molecule has 0 unspecified atom stereocenters. The molecule has 10 rings (SSSR count). The molecule has 2 heteroatoms. The molecular weight excluding hydrogens is 641 g/mol. The van der Waals surface area contributed by atoms with Crippen LogP contribution in [0.2, 0.25) is 0 Å². The molecule has 0 bridgehead atoms. The summed E-state index contributed by atoms with van der Waals surface area (Å²) in [5.74, 6) is 0. The molecule has 0 fully saturated rings. The molecule has 1 aliphatic rings. The van der Waals surface area contributed by atoms with E-state index in [1.54, 1.807) is 0 Å². The van der Waals surface area contributed by atoms with Crippen LogP contribution in [-0.2, 0) is 5.41 Å². The molecule has 1 aromatic heterocycles. The van der Waals surface area contributed by atoms with E-state index in [-0.39, 0.29) is 5.41 Å². The maximum atomic E-state index is 2.41. The molecule has 252 valence electrons. The summed E-state index contributed by atoms with van der Waals surface area (Å²) in [6, 6.07) is 70.8. The van der Waals surface area contributed by atoms with E-state index in [9.17, 15) is 0 Å². The lowest BCUT2D eigenvalue weighted by Crippen LogP contribution is -2.30. The van der Waals surface area contributed by atoms with Crippen molar-refractivity contribution in [3.05, 3.63) is 205 Å². The molecule has 0 spiro atoms. The third kappa shape index (κ3) is 5.10. The summed E-state index contributed by atoms with van der Waals surface area (Å²) in [5.41, 5.74) is 17.1. The zero-order valence-electron chi connectivity index (χ0n) is 29.9. The SMILES string of the molecule is CC1(C)c2ccccc2N(c2ccc(-c3ccc(-n4c5ccc(-c6ccccc6)cc5c5cc(-c6ccccc6)ccc54)cc3)cc2)c2ccccc21. The van der Waals surface area contributed by atoms with Gasteiger partial charge in [-0.25, -0.2) is 0 Å². The number of aromatic nitrogens is 1. The monoisotopic (exact) mass is 678 g/mol. The van der Waals surface area contributed by atoms with Gasteiger partial charge in [0, 0.05) is 27.6 Å². The number of para-hydroxylation sites is 2. The van der Waals surface area contributed by atoms with Gasteiger partial charge in [-0.15, -0.1) is 0 Å². The second-order valence-electron chi connectivity index (χ2n) is 14.6. The third-order valence-electron chi connectivity index (χ3n) is 11.2. The van der Waals surface area contributed by atoms with Crippen molar-refractivity contribution in [3.63, 3.8) is 0 Å². The van der Waals surface area contributed by atoms with Crippen molar-refractivity contribution in [2.45, 2.75) is 19.3 Å². The van der Waals surface area contributed by atoms with Crippen LogP contribution in [0.1, 0.15) is 25.0 Å². The van der Waals surface area contributed by atoms with Gasteiger partial charge < -0.3 is 9.47 Å². The van der Waals surface area contributed by atoms with Gasteiger partial charge in [0.1, 0.15) is 0 Å². The molecule has 8 aromatic carbocycles. The highest BCUT2D eigenvalue weighted by Crippen LogP contribution is 2.51. The largest absolute Gasteiger partial charge is 0.310 e. The number of hydrogen-bond donors (Lipinski definition) is 0. The van der Waals surface area contributed by atoms with E-state index in [4.69, 9.17) is 0 Å². The van der Waals surface area contributed by atoms with Crippen LogP contribution in [0.5, 0.6) is 0 Å². The normalized spacial score (nSPS) is 13.2. The van der Waals surface area contributed by atoms with Crippen LogP contribution in [0, 0.1) is 0 Å². The minimum atomic E-state index is -0.0733. The van der Waals surface area contributed by atoms with Gasteiger partial charge in [-0.05, 0) is 105 Å². The molecule has 1 aliphatic heterocycles. The van der Waals surface area contributed by atoms with Crippen LogP contribution in [-0.4, -0.2) is 4.57 Å². The Kier molecular flexibility index (Phi) is 7.19. The molecule has 2 heterocycles. The lowest BCUT2D eigenvalue weighted by Gasteiger charge is -2.42. The Morgan fingerprint density at radius 2 is 0.717 bits per heavy atom. The molecule has 53 heavy (non-hydrogen) atoms. The highest BCUT2D eigenvalue weighted by molar-refractivity contribution is 6.11. The van der Waals surface area contributed by atoms with Crippen molar-refractivity contribution in [2.75, 3.05) is 4.90 Å². The van der Waals surface area contributed by atoms with Crippen molar-refractivity contribution in [3.8, 4) is 39.1 Å². The minimum absolute atomic E-state index is 0.0733. The first-order valence-electron chi connectivity index (χ1n) is 18.4. The molecule has 0 atom stereocenters. The lowest BCUT2D eigenvalue weighted by atomic mass is 9.73. The number of nitrogens with zero attached hydrogens (tertiary/aromatic N) is 2. The zero-order valence-corrected chi connectivity index (χ0v) is 29.9. The average Bonchev–Trinajstić information content (AvgIpc) is 3.55. The molecule has 0 amide bonds. The number of hydrogen-bond acceptors (Lipinski definition) is 1. The fraction of sp³-hybridized carbons (Fsp3) is 0.0588. The van der Waals surface area contributed by atoms with E-state index >= 15 is 0 Å². The van der Waals surface area contributed by atoms with Crippen LogP contribution >= 0.6 is 0 Å². The second kappa shape index (κ2) is 12.3. The highest BCUT2D eigenvalue weighted by atomic mass is 15.2. The summed E-state index contributed by atoms with van der Waals surface area (Å²) in [7, 11) is 0. The summed E-state index contributed by atoms with van der Waals surface area (Å²) in [5, 5.41) is 2.51.